The number of amides is 4. The monoisotopic (exact) mass is 483 g/mol. The third kappa shape index (κ3) is 4.45. The van der Waals surface area contributed by atoms with Crippen LogP contribution in [0.5, 0.6) is 5.75 Å². The van der Waals surface area contributed by atoms with Gasteiger partial charge in [0.25, 0.3) is 17.7 Å². The number of anilines is 2. The predicted molar refractivity (Wildman–Crippen MR) is 134 cm³/mol. The molecule has 1 N–H and O–H groups in total. The summed E-state index contributed by atoms with van der Waals surface area (Å²) in [5, 5.41) is 2.79. The van der Waals surface area contributed by atoms with Gasteiger partial charge in [-0.15, -0.1) is 0 Å². The van der Waals surface area contributed by atoms with E-state index in [0.717, 1.165) is 10.5 Å². The minimum absolute atomic E-state index is 0.0155. The average molecular weight is 484 g/mol. The highest BCUT2D eigenvalue weighted by Crippen LogP contribution is 2.36. The molecule has 3 aromatic carbocycles. The Morgan fingerprint density at radius 1 is 0.861 bits per heavy atom. The molecule has 36 heavy (non-hydrogen) atoms. The van der Waals surface area contributed by atoms with Gasteiger partial charge >= 0.3 is 0 Å². The molecule has 0 bridgehead atoms. The first-order chi connectivity index (χ1) is 17.4. The molecular weight excluding hydrogens is 458 g/mol. The minimum Gasteiger partial charge on any atom is -0.479 e. The van der Waals surface area contributed by atoms with Crippen LogP contribution in [0.3, 0.4) is 0 Å². The van der Waals surface area contributed by atoms with Crippen LogP contribution >= 0.6 is 0 Å². The van der Waals surface area contributed by atoms with E-state index in [1.54, 1.807) is 54.3 Å². The first kappa shape index (κ1) is 23.3. The van der Waals surface area contributed by atoms with Crippen molar-refractivity contribution in [2.75, 3.05) is 23.3 Å². The highest BCUT2D eigenvalue weighted by atomic mass is 16.5. The number of carbonyl (C=O) groups excluding carboxylic acids is 4. The Labute approximate surface area is 208 Å². The summed E-state index contributed by atoms with van der Waals surface area (Å²) in [7, 11) is 0. The quantitative estimate of drug-likeness (QED) is 0.518. The number of fused-ring (bicyclic) bond motifs is 2. The first-order valence-corrected chi connectivity index (χ1v) is 11.8. The van der Waals surface area contributed by atoms with Crippen molar-refractivity contribution in [1.29, 1.82) is 0 Å². The Kier molecular flexibility index (Phi) is 6.25. The van der Waals surface area contributed by atoms with Crippen LogP contribution in [0.2, 0.25) is 0 Å². The summed E-state index contributed by atoms with van der Waals surface area (Å²) >= 11 is 0. The Bertz CT molecular complexity index is 1320. The number of hydrogen-bond acceptors (Lipinski definition) is 5. The molecule has 0 saturated heterocycles. The largest absolute Gasteiger partial charge is 0.479 e. The van der Waals surface area contributed by atoms with Gasteiger partial charge in [0.05, 0.1) is 16.8 Å². The fourth-order valence-electron chi connectivity index (χ4n) is 4.48. The smallest absolute Gasteiger partial charge is 0.267 e. The normalized spacial score (nSPS) is 16.5. The third-order valence-corrected chi connectivity index (χ3v) is 6.36. The second kappa shape index (κ2) is 9.65. The fourth-order valence-corrected chi connectivity index (χ4v) is 4.48. The zero-order valence-corrected chi connectivity index (χ0v) is 19.8. The zero-order valence-electron chi connectivity index (χ0n) is 19.8. The maximum absolute atomic E-state index is 12.8. The maximum Gasteiger partial charge on any atom is 0.267 e. The Morgan fingerprint density at radius 2 is 1.53 bits per heavy atom. The lowest BCUT2D eigenvalue weighted by molar-refractivity contribution is -0.125. The number of carbonyl (C=O) groups is 4. The molecule has 2 aliphatic rings. The van der Waals surface area contributed by atoms with E-state index in [4.69, 9.17) is 4.74 Å². The van der Waals surface area contributed by atoms with Gasteiger partial charge < -0.3 is 15.0 Å². The van der Waals surface area contributed by atoms with Gasteiger partial charge in [-0.05, 0) is 43.2 Å². The maximum atomic E-state index is 12.8. The minimum atomic E-state index is -0.645. The molecule has 5 rings (SSSR count). The number of ether oxygens (including phenoxy) is 1. The lowest BCUT2D eigenvalue weighted by Gasteiger charge is -2.33. The van der Waals surface area contributed by atoms with Crippen molar-refractivity contribution in [2.24, 2.45) is 0 Å². The summed E-state index contributed by atoms with van der Waals surface area (Å²) < 4.78 is 5.81. The predicted octanol–water partition coefficient (Wildman–Crippen LogP) is 3.67. The number of rotatable bonds is 7. The summed E-state index contributed by atoms with van der Waals surface area (Å²) in [5.41, 5.74) is 3.00. The van der Waals surface area contributed by atoms with Crippen LogP contribution in [0.15, 0.2) is 72.8 Å². The van der Waals surface area contributed by atoms with Crippen LogP contribution in [0.25, 0.3) is 0 Å². The van der Waals surface area contributed by atoms with Crippen molar-refractivity contribution in [3.63, 3.8) is 0 Å². The summed E-state index contributed by atoms with van der Waals surface area (Å²) in [5.74, 6) is -0.725. The number of nitrogens with one attached hydrogen (secondary N) is 1. The standard InChI is InChI=1S/C28H25N3O5/c1-18-26(33)30(15-13-19-7-3-2-4-8-19)23-12-11-20(17-24(23)36-18)29-25(32)14-16-31-27(34)21-9-5-6-10-22(21)28(31)35/h2-12,17-18H,13-16H2,1H3,(H,29,32). The zero-order chi connectivity index (χ0) is 25.2. The van der Waals surface area contributed by atoms with Crippen LogP contribution in [0.1, 0.15) is 39.6 Å². The molecule has 0 fully saturated rings. The Morgan fingerprint density at radius 3 is 2.22 bits per heavy atom. The van der Waals surface area contributed by atoms with Gasteiger partial charge in [-0.1, -0.05) is 42.5 Å². The molecule has 2 heterocycles. The van der Waals surface area contributed by atoms with Crippen molar-refractivity contribution >= 4 is 35.0 Å². The molecule has 1 atom stereocenters. The van der Waals surface area contributed by atoms with Crippen LogP contribution in [-0.4, -0.2) is 47.7 Å². The molecule has 0 saturated carbocycles. The van der Waals surface area contributed by atoms with Gasteiger partial charge in [0.1, 0.15) is 5.75 Å². The molecule has 4 amide bonds. The molecule has 2 aliphatic heterocycles. The Hall–Kier alpha value is -4.46. The lowest BCUT2D eigenvalue weighted by Crippen LogP contribution is -2.45. The Balaban J connectivity index is 1.23. The van der Waals surface area contributed by atoms with Crippen LogP contribution in [0, 0.1) is 0 Å². The second-order valence-corrected chi connectivity index (χ2v) is 8.77. The number of nitrogens with zero attached hydrogens (tertiary/aromatic N) is 2. The van der Waals surface area contributed by atoms with Crippen molar-refractivity contribution in [3.05, 3.63) is 89.5 Å². The van der Waals surface area contributed by atoms with E-state index in [2.05, 4.69) is 5.32 Å². The van der Waals surface area contributed by atoms with Crippen molar-refractivity contribution in [1.82, 2.24) is 4.90 Å². The summed E-state index contributed by atoms with van der Waals surface area (Å²) in [6, 6.07) is 21.7. The van der Waals surface area contributed by atoms with Crippen LogP contribution in [-0.2, 0) is 16.0 Å². The highest BCUT2D eigenvalue weighted by molar-refractivity contribution is 6.21. The van der Waals surface area contributed by atoms with E-state index in [0.29, 0.717) is 41.2 Å². The number of benzene rings is 3. The topological polar surface area (TPSA) is 96.0 Å². The molecule has 182 valence electrons. The first-order valence-electron chi connectivity index (χ1n) is 11.8. The highest BCUT2D eigenvalue weighted by Gasteiger charge is 2.35. The second-order valence-electron chi connectivity index (χ2n) is 8.77. The SMILES string of the molecule is CC1Oc2cc(NC(=O)CCN3C(=O)c4ccccc4C3=O)ccc2N(CCc2ccccc2)C1=O. The number of hydrogen-bond donors (Lipinski definition) is 1. The lowest BCUT2D eigenvalue weighted by atomic mass is 10.1. The average Bonchev–Trinajstić information content (AvgIpc) is 3.13. The van der Waals surface area contributed by atoms with E-state index in [1.165, 1.54) is 0 Å². The molecule has 0 spiro atoms. The van der Waals surface area contributed by atoms with E-state index in [1.807, 2.05) is 30.3 Å². The van der Waals surface area contributed by atoms with E-state index < -0.39 is 6.10 Å². The van der Waals surface area contributed by atoms with Crippen LogP contribution in [0.4, 0.5) is 11.4 Å². The van der Waals surface area contributed by atoms with E-state index in [9.17, 15) is 19.2 Å². The van der Waals surface area contributed by atoms with E-state index >= 15 is 0 Å². The third-order valence-electron chi connectivity index (χ3n) is 6.36. The van der Waals surface area contributed by atoms with Gasteiger partial charge in [0.2, 0.25) is 5.91 Å². The molecule has 1 unspecified atom stereocenters. The summed E-state index contributed by atoms with van der Waals surface area (Å²) in [4.78, 5) is 53.2. The van der Waals surface area contributed by atoms with Gasteiger partial charge in [0, 0.05) is 31.3 Å². The fraction of sp³-hybridized carbons (Fsp3) is 0.214. The molecule has 0 radical (unpaired) electrons. The molecule has 3 aromatic rings. The van der Waals surface area contributed by atoms with Crippen LogP contribution < -0.4 is 15.0 Å². The van der Waals surface area contributed by atoms with Gasteiger partial charge in [-0.25, -0.2) is 0 Å². The number of imide groups is 1. The summed E-state index contributed by atoms with van der Waals surface area (Å²) in [6.45, 7) is 2.20. The molecule has 8 nitrogen and oxygen atoms in total. The summed E-state index contributed by atoms with van der Waals surface area (Å²) in [6.07, 6.45) is 0.0179. The molecule has 8 heteroatoms. The molecule has 0 aromatic heterocycles. The van der Waals surface area contributed by atoms with Gasteiger partial charge in [-0.2, -0.15) is 0 Å². The van der Waals surface area contributed by atoms with E-state index in [-0.39, 0.29) is 36.6 Å². The van der Waals surface area contributed by atoms with Gasteiger partial charge in [-0.3, -0.25) is 24.1 Å². The molecular formula is C28H25N3O5. The van der Waals surface area contributed by atoms with Gasteiger partial charge in [0.15, 0.2) is 6.10 Å². The van der Waals surface area contributed by atoms with Crippen molar-refractivity contribution in [2.45, 2.75) is 25.9 Å². The van der Waals surface area contributed by atoms with Crippen molar-refractivity contribution < 1.29 is 23.9 Å². The van der Waals surface area contributed by atoms with Crippen molar-refractivity contribution in [3.8, 4) is 5.75 Å². The molecule has 0 aliphatic carbocycles.